The molecule has 0 aliphatic carbocycles. The van der Waals surface area contributed by atoms with E-state index in [1.807, 2.05) is 12.3 Å². The predicted molar refractivity (Wildman–Crippen MR) is 79.1 cm³/mol. The number of aromatic nitrogens is 3. The maximum Gasteiger partial charge on any atom is 0.160 e. The van der Waals surface area contributed by atoms with Crippen molar-refractivity contribution in [3.05, 3.63) is 22.6 Å². The van der Waals surface area contributed by atoms with Crippen LogP contribution in [0, 0.1) is 5.41 Å². The molecule has 5 heteroatoms. The van der Waals surface area contributed by atoms with E-state index >= 15 is 0 Å². The highest BCUT2D eigenvalue weighted by molar-refractivity contribution is 9.10. The summed E-state index contributed by atoms with van der Waals surface area (Å²) in [5.74, 6) is 1.59. The summed E-state index contributed by atoms with van der Waals surface area (Å²) in [4.78, 5) is 9.11. The van der Waals surface area contributed by atoms with Gasteiger partial charge < -0.3 is 4.57 Å². The van der Waals surface area contributed by atoms with E-state index in [-0.39, 0.29) is 5.41 Å². The molecule has 18 heavy (non-hydrogen) atoms. The zero-order chi connectivity index (χ0) is 13.3. The molecule has 0 aromatic carbocycles. The SMILES string of the molecule is CC(C)(C)Cn1c(CCCl)nc2cc(Br)cnc21. The molecule has 0 aliphatic heterocycles. The van der Waals surface area contributed by atoms with E-state index in [2.05, 4.69) is 51.2 Å². The quantitative estimate of drug-likeness (QED) is 0.796. The molecule has 2 rings (SSSR count). The molecule has 0 atom stereocenters. The average Bonchev–Trinajstić information content (AvgIpc) is 2.54. The van der Waals surface area contributed by atoms with Gasteiger partial charge in [0.15, 0.2) is 5.65 Å². The number of imidazole rings is 1. The van der Waals surface area contributed by atoms with Crippen molar-refractivity contribution in [2.45, 2.75) is 33.7 Å². The van der Waals surface area contributed by atoms with Crippen molar-refractivity contribution in [1.82, 2.24) is 14.5 Å². The summed E-state index contributed by atoms with van der Waals surface area (Å²) in [6.45, 7) is 7.52. The fraction of sp³-hybridized carbons (Fsp3) is 0.538. The van der Waals surface area contributed by atoms with Crippen molar-refractivity contribution in [2.24, 2.45) is 5.41 Å². The van der Waals surface area contributed by atoms with Crippen LogP contribution >= 0.6 is 27.5 Å². The lowest BCUT2D eigenvalue weighted by Gasteiger charge is -2.20. The van der Waals surface area contributed by atoms with E-state index in [1.165, 1.54) is 0 Å². The van der Waals surface area contributed by atoms with Gasteiger partial charge in [-0.15, -0.1) is 11.6 Å². The minimum atomic E-state index is 0.184. The molecule has 0 fully saturated rings. The van der Waals surface area contributed by atoms with E-state index in [1.54, 1.807) is 0 Å². The van der Waals surface area contributed by atoms with Crippen LogP contribution in [0.15, 0.2) is 16.7 Å². The molecule has 0 N–H and O–H groups in total. The molecule has 0 aliphatic rings. The van der Waals surface area contributed by atoms with Crippen LogP contribution < -0.4 is 0 Å². The summed E-state index contributed by atoms with van der Waals surface area (Å²) in [6, 6.07) is 2.00. The van der Waals surface area contributed by atoms with Gasteiger partial charge in [-0.3, -0.25) is 0 Å². The van der Waals surface area contributed by atoms with E-state index in [9.17, 15) is 0 Å². The second kappa shape index (κ2) is 5.17. The van der Waals surface area contributed by atoms with Gasteiger partial charge >= 0.3 is 0 Å². The summed E-state index contributed by atoms with van der Waals surface area (Å²) in [6.07, 6.45) is 2.58. The zero-order valence-corrected chi connectivity index (χ0v) is 13.2. The molecule has 2 aromatic heterocycles. The van der Waals surface area contributed by atoms with Crippen LogP contribution in [0.1, 0.15) is 26.6 Å². The number of aryl methyl sites for hydroxylation is 1. The average molecular weight is 331 g/mol. The number of hydrogen-bond acceptors (Lipinski definition) is 2. The van der Waals surface area contributed by atoms with Gasteiger partial charge in [0.05, 0.1) is 0 Å². The summed E-state index contributed by atoms with van der Waals surface area (Å²) in [5, 5.41) is 0. The van der Waals surface area contributed by atoms with Crippen molar-refractivity contribution in [1.29, 1.82) is 0 Å². The first-order valence-corrected chi connectivity index (χ1v) is 7.30. The van der Waals surface area contributed by atoms with E-state index in [0.29, 0.717) is 5.88 Å². The van der Waals surface area contributed by atoms with Gasteiger partial charge in [0.25, 0.3) is 0 Å². The zero-order valence-electron chi connectivity index (χ0n) is 10.9. The molecule has 0 spiro atoms. The van der Waals surface area contributed by atoms with Gasteiger partial charge in [0.1, 0.15) is 11.3 Å². The van der Waals surface area contributed by atoms with E-state index in [0.717, 1.165) is 34.4 Å². The Morgan fingerprint density at radius 2 is 2.11 bits per heavy atom. The Morgan fingerprint density at radius 3 is 2.72 bits per heavy atom. The largest absolute Gasteiger partial charge is 0.312 e. The predicted octanol–water partition coefficient (Wildman–Crippen LogP) is 4.02. The first kappa shape index (κ1) is 13.8. The fourth-order valence-corrected chi connectivity index (χ4v) is 2.44. The lowest BCUT2D eigenvalue weighted by molar-refractivity contribution is 0.342. The number of pyridine rings is 1. The first-order valence-electron chi connectivity index (χ1n) is 5.97. The van der Waals surface area contributed by atoms with Gasteiger partial charge in [0.2, 0.25) is 0 Å². The molecule has 98 valence electrons. The van der Waals surface area contributed by atoms with Crippen molar-refractivity contribution in [2.75, 3.05) is 5.88 Å². The van der Waals surface area contributed by atoms with Crippen LogP contribution in [0.3, 0.4) is 0 Å². The Kier molecular flexibility index (Phi) is 3.97. The Balaban J connectivity index is 2.55. The van der Waals surface area contributed by atoms with Gasteiger partial charge in [-0.25, -0.2) is 9.97 Å². The smallest absolute Gasteiger partial charge is 0.160 e. The molecule has 0 unspecified atom stereocenters. The Hall–Kier alpha value is -0.610. The number of hydrogen-bond donors (Lipinski definition) is 0. The topological polar surface area (TPSA) is 30.7 Å². The minimum Gasteiger partial charge on any atom is -0.312 e. The van der Waals surface area contributed by atoms with Crippen molar-refractivity contribution >= 4 is 38.7 Å². The molecule has 0 radical (unpaired) electrons. The molecule has 3 nitrogen and oxygen atoms in total. The Bertz CT molecular complexity index is 557. The molecule has 2 heterocycles. The van der Waals surface area contributed by atoms with Gasteiger partial charge in [-0.05, 0) is 27.4 Å². The van der Waals surface area contributed by atoms with Crippen LogP contribution in [-0.2, 0) is 13.0 Å². The summed E-state index contributed by atoms with van der Waals surface area (Å²) in [7, 11) is 0. The molecule has 2 aromatic rings. The number of rotatable bonds is 3. The van der Waals surface area contributed by atoms with E-state index < -0.39 is 0 Å². The maximum atomic E-state index is 5.86. The molecular weight excluding hydrogens is 314 g/mol. The Labute approximate surface area is 121 Å². The second-order valence-corrected chi connectivity index (χ2v) is 6.90. The number of alkyl halides is 1. The highest BCUT2D eigenvalue weighted by Gasteiger charge is 2.18. The lowest BCUT2D eigenvalue weighted by atomic mass is 9.97. The third kappa shape index (κ3) is 3.04. The number of nitrogens with zero attached hydrogens (tertiary/aromatic N) is 3. The van der Waals surface area contributed by atoms with Crippen molar-refractivity contribution < 1.29 is 0 Å². The fourth-order valence-electron chi connectivity index (χ4n) is 1.95. The van der Waals surface area contributed by atoms with Gasteiger partial charge in [0, 0.05) is 29.5 Å². The highest BCUT2D eigenvalue weighted by atomic mass is 79.9. The summed E-state index contributed by atoms with van der Waals surface area (Å²) < 4.78 is 3.14. The monoisotopic (exact) mass is 329 g/mol. The van der Waals surface area contributed by atoms with Crippen LogP contribution in [0.4, 0.5) is 0 Å². The van der Waals surface area contributed by atoms with E-state index in [4.69, 9.17) is 11.6 Å². The summed E-state index contributed by atoms with van der Waals surface area (Å²) >= 11 is 9.28. The third-order valence-corrected chi connectivity index (χ3v) is 3.20. The van der Waals surface area contributed by atoms with Crippen molar-refractivity contribution in [3.63, 3.8) is 0 Å². The van der Waals surface area contributed by atoms with Crippen LogP contribution in [-0.4, -0.2) is 20.4 Å². The van der Waals surface area contributed by atoms with Crippen LogP contribution in [0.5, 0.6) is 0 Å². The lowest BCUT2D eigenvalue weighted by Crippen LogP contribution is -2.18. The molecular formula is C13H17BrClN3. The summed E-state index contributed by atoms with van der Waals surface area (Å²) in [5.41, 5.74) is 2.05. The molecule has 0 amide bonds. The van der Waals surface area contributed by atoms with Gasteiger partial charge in [-0.1, -0.05) is 20.8 Å². The molecule has 0 bridgehead atoms. The van der Waals surface area contributed by atoms with Crippen LogP contribution in [0.2, 0.25) is 0 Å². The normalized spacial score (nSPS) is 12.3. The molecule has 0 saturated carbocycles. The standard InChI is InChI=1S/C13H17BrClN3/c1-13(2,3)8-18-11(4-5-15)17-10-6-9(14)7-16-12(10)18/h6-7H,4-5,8H2,1-3H3. The van der Waals surface area contributed by atoms with Crippen LogP contribution in [0.25, 0.3) is 11.2 Å². The second-order valence-electron chi connectivity index (χ2n) is 5.61. The maximum absolute atomic E-state index is 5.86. The number of fused-ring (bicyclic) bond motifs is 1. The number of halogens is 2. The molecule has 0 saturated heterocycles. The Morgan fingerprint density at radius 1 is 1.39 bits per heavy atom. The van der Waals surface area contributed by atoms with Gasteiger partial charge in [-0.2, -0.15) is 0 Å². The van der Waals surface area contributed by atoms with Crippen molar-refractivity contribution in [3.8, 4) is 0 Å². The highest BCUT2D eigenvalue weighted by Crippen LogP contribution is 2.24. The first-order chi connectivity index (χ1) is 8.40. The third-order valence-electron chi connectivity index (χ3n) is 2.58. The minimum absolute atomic E-state index is 0.184.